The topological polar surface area (TPSA) is 104 Å². The van der Waals surface area contributed by atoms with Crippen LogP contribution in [0.5, 0.6) is 5.75 Å². The van der Waals surface area contributed by atoms with Gasteiger partial charge in [0.25, 0.3) is 5.91 Å². The van der Waals surface area contributed by atoms with Crippen LogP contribution in [0, 0.1) is 11.3 Å². The molecule has 1 N–H and O–H groups in total. The van der Waals surface area contributed by atoms with Crippen molar-refractivity contribution in [1.82, 2.24) is 9.80 Å². The lowest BCUT2D eigenvalue weighted by Gasteiger charge is -2.39. The molecule has 2 aromatic rings. The van der Waals surface area contributed by atoms with E-state index < -0.39 is 22.0 Å². The number of piperidine rings is 1. The van der Waals surface area contributed by atoms with Crippen LogP contribution in [0.1, 0.15) is 49.0 Å². The van der Waals surface area contributed by atoms with Crippen molar-refractivity contribution >= 4 is 21.7 Å². The molecule has 41 heavy (non-hydrogen) atoms. The molecule has 8 nitrogen and oxygen atoms in total. The number of hydrogen-bond acceptors (Lipinski definition) is 6. The Morgan fingerprint density at radius 2 is 1.56 bits per heavy atom. The zero-order valence-corrected chi connectivity index (χ0v) is 24.3. The number of carbonyl (C=O) groups is 2. The molecule has 0 saturated carbocycles. The monoisotopic (exact) mass is 598 g/mol. The lowest BCUT2D eigenvalue weighted by Crippen LogP contribution is -2.42. The van der Waals surface area contributed by atoms with Crippen molar-refractivity contribution in [3.63, 3.8) is 0 Å². The first-order valence-electron chi connectivity index (χ1n) is 13.4. The van der Waals surface area contributed by atoms with Crippen LogP contribution in [0.2, 0.25) is 0 Å². The number of para-hydroxylation sites is 1. The number of halogens is 3. The van der Waals surface area contributed by atoms with Crippen molar-refractivity contribution in [2.24, 2.45) is 11.3 Å². The zero-order valence-electron chi connectivity index (χ0n) is 23.5. The summed E-state index contributed by atoms with van der Waals surface area (Å²) in [6.07, 6.45) is -0.868. The molecule has 0 bridgehead atoms. The average Bonchev–Trinajstić information content (AvgIpc) is 3.32. The van der Waals surface area contributed by atoms with Crippen molar-refractivity contribution in [3.8, 4) is 5.75 Å². The molecule has 12 heteroatoms. The predicted molar refractivity (Wildman–Crippen MR) is 147 cm³/mol. The largest absolute Gasteiger partial charge is 0.493 e. The highest BCUT2D eigenvalue weighted by Gasteiger charge is 2.42. The lowest BCUT2D eigenvalue weighted by atomic mass is 9.77. The van der Waals surface area contributed by atoms with Crippen molar-refractivity contribution in [2.75, 3.05) is 39.0 Å². The van der Waals surface area contributed by atoms with Gasteiger partial charge in [-0.15, -0.1) is 0 Å². The third-order valence-corrected chi connectivity index (χ3v) is 8.50. The minimum atomic E-state index is -5.08. The molecule has 2 aromatic carbocycles. The maximum absolute atomic E-state index is 13.2. The third kappa shape index (κ3) is 8.93. The van der Waals surface area contributed by atoms with Gasteiger partial charge in [-0.2, -0.15) is 13.2 Å². The lowest BCUT2D eigenvalue weighted by molar-refractivity contribution is -0.192. The smallest absolute Gasteiger partial charge is 0.490 e. The average molecular weight is 599 g/mol. The number of sulfone groups is 1. The standard InChI is InChI=1S/C27H36N2O4S.C2HF3O2/c1-21(2)19-33-24-10-6-4-8-22(24)18-28-15-12-27(13-16-28)14-17-29(20-27)26(30)23-9-5-7-11-25(23)34(3,31)32;3-2(4,5)1(6)7/h4-11,21H,12-20H2,1-3H3;(H,6,7). The summed E-state index contributed by atoms with van der Waals surface area (Å²) in [5, 5.41) is 7.12. The third-order valence-electron chi connectivity index (χ3n) is 7.34. The molecule has 0 unspecified atom stereocenters. The highest BCUT2D eigenvalue weighted by molar-refractivity contribution is 7.90. The fraction of sp³-hybridized carbons (Fsp3) is 0.517. The Labute approximate surface area is 239 Å². The zero-order chi connectivity index (χ0) is 30.4. The SMILES string of the molecule is CC(C)COc1ccccc1CN1CCC2(CC1)CCN(C(=O)c1ccccc1S(C)(=O)=O)C2.O=C(O)C(F)(F)F. The molecular weight excluding hydrogens is 561 g/mol. The second-order valence-electron chi connectivity index (χ2n) is 11.1. The van der Waals surface area contributed by atoms with Crippen LogP contribution in [0.15, 0.2) is 53.4 Å². The number of alkyl halides is 3. The first-order chi connectivity index (χ1) is 19.1. The fourth-order valence-corrected chi connectivity index (χ4v) is 5.99. The highest BCUT2D eigenvalue weighted by atomic mass is 32.2. The molecule has 226 valence electrons. The highest BCUT2D eigenvalue weighted by Crippen LogP contribution is 2.41. The van der Waals surface area contributed by atoms with Gasteiger partial charge in [0.1, 0.15) is 5.75 Å². The summed E-state index contributed by atoms with van der Waals surface area (Å²) < 4.78 is 62.1. The van der Waals surface area contributed by atoms with E-state index in [0.717, 1.165) is 50.9 Å². The van der Waals surface area contributed by atoms with Gasteiger partial charge >= 0.3 is 12.1 Å². The fourth-order valence-electron chi connectivity index (χ4n) is 5.11. The predicted octanol–water partition coefficient (Wildman–Crippen LogP) is 4.89. The van der Waals surface area contributed by atoms with Crippen LogP contribution >= 0.6 is 0 Å². The van der Waals surface area contributed by atoms with E-state index >= 15 is 0 Å². The maximum atomic E-state index is 13.2. The van der Waals surface area contributed by atoms with E-state index in [-0.39, 0.29) is 21.8 Å². The van der Waals surface area contributed by atoms with Crippen molar-refractivity contribution in [2.45, 2.75) is 50.7 Å². The Morgan fingerprint density at radius 1 is 1.00 bits per heavy atom. The van der Waals surface area contributed by atoms with E-state index in [1.807, 2.05) is 11.0 Å². The Balaban J connectivity index is 0.000000587. The maximum Gasteiger partial charge on any atom is 0.490 e. The van der Waals surface area contributed by atoms with E-state index in [4.69, 9.17) is 14.6 Å². The number of carboxylic acids is 1. The summed E-state index contributed by atoms with van der Waals surface area (Å²) in [5.41, 5.74) is 1.64. The minimum absolute atomic E-state index is 0.120. The molecule has 4 rings (SSSR count). The van der Waals surface area contributed by atoms with Crippen LogP contribution in [-0.2, 0) is 21.2 Å². The number of likely N-dealkylation sites (tertiary alicyclic amines) is 2. The van der Waals surface area contributed by atoms with Crippen LogP contribution < -0.4 is 4.74 Å². The molecule has 1 amide bonds. The summed E-state index contributed by atoms with van der Waals surface area (Å²) in [6.45, 7) is 9.25. The first-order valence-corrected chi connectivity index (χ1v) is 15.3. The molecule has 0 aliphatic carbocycles. The normalized spacial score (nSPS) is 17.3. The van der Waals surface area contributed by atoms with E-state index in [1.165, 1.54) is 11.6 Å². The summed E-state index contributed by atoms with van der Waals surface area (Å²) in [6, 6.07) is 14.8. The van der Waals surface area contributed by atoms with Gasteiger partial charge in [0.05, 0.1) is 17.1 Å². The minimum Gasteiger partial charge on any atom is -0.493 e. The van der Waals surface area contributed by atoms with Gasteiger partial charge in [-0.25, -0.2) is 13.2 Å². The molecular formula is C29H37F3N2O6S. The van der Waals surface area contributed by atoms with Crippen LogP contribution in [-0.4, -0.2) is 80.4 Å². The number of nitrogens with zero attached hydrogens (tertiary/aromatic N) is 2. The summed E-state index contributed by atoms with van der Waals surface area (Å²) in [7, 11) is -3.46. The number of carbonyl (C=O) groups excluding carboxylic acids is 1. The number of benzene rings is 2. The van der Waals surface area contributed by atoms with Gasteiger partial charge in [-0.1, -0.05) is 44.2 Å². The summed E-state index contributed by atoms with van der Waals surface area (Å²) in [5.74, 6) is -1.47. The van der Waals surface area contributed by atoms with Gasteiger partial charge in [0, 0.05) is 31.5 Å². The Morgan fingerprint density at radius 3 is 2.15 bits per heavy atom. The van der Waals surface area contributed by atoms with Gasteiger partial charge in [-0.05, 0) is 61.9 Å². The molecule has 0 atom stereocenters. The number of rotatable bonds is 7. The Bertz CT molecular complexity index is 1320. The number of hydrogen-bond donors (Lipinski definition) is 1. The molecule has 2 saturated heterocycles. The number of carboxylic acid groups (broad SMARTS) is 1. The Kier molecular flexibility index (Phi) is 10.5. The number of ether oxygens (including phenoxy) is 1. The summed E-state index contributed by atoms with van der Waals surface area (Å²) >= 11 is 0. The van der Waals surface area contributed by atoms with E-state index in [9.17, 15) is 26.4 Å². The van der Waals surface area contributed by atoms with E-state index in [0.29, 0.717) is 25.6 Å². The molecule has 2 heterocycles. The molecule has 2 aliphatic rings. The van der Waals surface area contributed by atoms with Gasteiger partial charge < -0.3 is 14.7 Å². The van der Waals surface area contributed by atoms with Crippen molar-refractivity contribution in [1.29, 1.82) is 0 Å². The first kappa shape index (κ1) is 32.4. The van der Waals surface area contributed by atoms with Crippen LogP contribution in [0.3, 0.4) is 0 Å². The van der Waals surface area contributed by atoms with Gasteiger partial charge in [0.2, 0.25) is 0 Å². The van der Waals surface area contributed by atoms with E-state index in [2.05, 4.69) is 36.9 Å². The molecule has 1 spiro atoms. The molecule has 0 aromatic heterocycles. The van der Waals surface area contributed by atoms with E-state index in [1.54, 1.807) is 18.2 Å². The molecule has 2 aliphatic heterocycles. The van der Waals surface area contributed by atoms with Crippen molar-refractivity contribution < 1.29 is 41.0 Å². The Hall–Kier alpha value is -3.12. The molecule has 2 fully saturated rings. The number of aliphatic carboxylic acids is 1. The molecule has 0 radical (unpaired) electrons. The van der Waals surface area contributed by atoms with Gasteiger partial charge in [-0.3, -0.25) is 9.69 Å². The van der Waals surface area contributed by atoms with Crippen LogP contribution in [0.4, 0.5) is 13.2 Å². The van der Waals surface area contributed by atoms with Crippen molar-refractivity contribution in [3.05, 3.63) is 59.7 Å². The van der Waals surface area contributed by atoms with Gasteiger partial charge in [0.15, 0.2) is 9.84 Å². The second-order valence-corrected chi connectivity index (χ2v) is 13.1. The summed E-state index contributed by atoms with van der Waals surface area (Å²) in [4.78, 5) is 26.6. The second kappa shape index (κ2) is 13.2. The number of amides is 1. The van der Waals surface area contributed by atoms with Crippen LogP contribution in [0.25, 0.3) is 0 Å². The quantitative estimate of drug-likeness (QED) is 0.484.